The predicted octanol–water partition coefficient (Wildman–Crippen LogP) is -0.822. The summed E-state index contributed by atoms with van der Waals surface area (Å²) < 4.78 is 6.12. The van der Waals surface area contributed by atoms with E-state index < -0.39 is 23.5 Å². The Balaban J connectivity index is 2.11. The molecule has 1 aromatic heterocycles. The smallest absolute Gasteiger partial charge is 0.334 e. The molecule has 0 saturated heterocycles. The van der Waals surface area contributed by atoms with E-state index in [2.05, 4.69) is 15.0 Å². The van der Waals surface area contributed by atoms with Crippen LogP contribution in [0.3, 0.4) is 0 Å². The van der Waals surface area contributed by atoms with Gasteiger partial charge in [-0.2, -0.15) is 0 Å². The highest BCUT2D eigenvalue weighted by Crippen LogP contribution is 2.20. The maximum atomic E-state index is 12.1. The minimum Gasteiger partial charge on any atom is -0.479 e. The number of aromatic nitrogens is 2. The second-order valence-corrected chi connectivity index (χ2v) is 5.09. The Morgan fingerprint density at radius 2 is 2.40 bits per heavy atom. The number of nitrogens with one attached hydrogen (secondary N) is 1. The highest BCUT2D eigenvalue weighted by Gasteiger charge is 2.22. The number of carbonyl (C=O) groups excluding carboxylic acids is 1. The third kappa shape index (κ3) is 2.83. The summed E-state index contributed by atoms with van der Waals surface area (Å²) in [4.78, 5) is 38.7. The lowest BCUT2D eigenvalue weighted by Crippen LogP contribution is -2.40. The van der Waals surface area contributed by atoms with Crippen LogP contribution in [0.5, 0.6) is 0 Å². The lowest BCUT2D eigenvalue weighted by molar-refractivity contribution is -0.148. The van der Waals surface area contributed by atoms with E-state index in [4.69, 9.17) is 5.11 Å². The molecule has 0 saturated carbocycles. The molecule has 1 aromatic rings. The zero-order valence-corrected chi connectivity index (χ0v) is 11.5. The lowest BCUT2D eigenvalue weighted by atomic mass is 10.3. The molecular weight excluding hydrogens is 286 g/mol. The summed E-state index contributed by atoms with van der Waals surface area (Å²) in [5.74, 6) is -1.09. The van der Waals surface area contributed by atoms with Gasteiger partial charge >= 0.3 is 5.97 Å². The molecule has 9 heteroatoms. The summed E-state index contributed by atoms with van der Waals surface area (Å²) in [6.45, 7) is 0.295. The summed E-state index contributed by atoms with van der Waals surface area (Å²) in [6, 6.07) is 0. The maximum Gasteiger partial charge on any atom is 0.334 e. The second-order valence-electron chi connectivity index (χ2n) is 4.03. The van der Waals surface area contributed by atoms with E-state index in [0.717, 1.165) is 5.75 Å². The first-order chi connectivity index (χ1) is 9.54. The number of fused-ring (bicyclic) bond motifs is 1. The standard InChI is InChI=1S/C11H13N3O5S/c1-19-7(10(17)18)5-12-8(15)6-4-13-11-14(9(6)16)2-3-20-11/h4,7H,2-3,5H2,1H3,(H,12,15)(H,17,18). The van der Waals surface area contributed by atoms with Crippen LogP contribution < -0.4 is 10.9 Å². The number of ether oxygens (including phenoxy) is 1. The highest BCUT2D eigenvalue weighted by molar-refractivity contribution is 7.99. The Morgan fingerprint density at radius 1 is 1.65 bits per heavy atom. The molecule has 1 amide bonds. The Kier molecular flexibility index (Phi) is 4.40. The number of methoxy groups -OCH3 is 1. The SMILES string of the molecule is COC(CNC(=O)c1cnc2n(c1=O)CCS2)C(=O)O. The van der Waals surface area contributed by atoms with Crippen LogP contribution in [0.25, 0.3) is 0 Å². The summed E-state index contributed by atoms with van der Waals surface area (Å²) >= 11 is 1.45. The Hall–Kier alpha value is -1.87. The van der Waals surface area contributed by atoms with Crippen LogP contribution in [0.1, 0.15) is 10.4 Å². The number of rotatable bonds is 5. The molecule has 1 atom stereocenters. The van der Waals surface area contributed by atoms with E-state index in [-0.39, 0.29) is 12.1 Å². The van der Waals surface area contributed by atoms with Crippen molar-refractivity contribution in [2.45, 2.75) is 17.8 Å². The topological polar surface area (TPSA) is 111 Å². The van der Waals surface area contributed by atoms with Gasteiger partial charge in [0.15, 0.2) is 11.3 Å². The Bertz CT molecular complexity index is 600. The van der Waals surface area contributed by atoms with Crippen LogP contribution in [0.2, 0.25) is 0 Å². The molecule has 8 nitrogen and oxygen atoms in total. The number of nitrogens with zero attached hydrogens (tertiary/aromatic N) is 2. The van der Waals surface area contributed by atoms with E-state index >= 15 is 0 Å². The summed E-state index contributed by atoms with van der Waals surface area (Å²) in [7, 11) is 1.23. The number of carbonyl (C=O) groups is 2. The number of amides is 1. The molecule has 0 radical (unpaired) electrons. The monoisotopic (exact) mass is 299 g/mol. The van der Waals surface area contributed by atoms with Gasteiger partial charge in [0, 0.05) is 25.6 Å². The van der Waals surface area contributed by atoms with Gasteiger partial charge in [0.1, 0.15) is 5.56 Å². The van der Waals surface area contributed by atoms with Crippen molar-refractivity contribution in [1.82, 2.24) is 14.9 Å². The van der Waals surface area contributed by atoms with Gasteiger partial charge in [0.2, 0.25) is 0 Å². The predicted molar refractivity (Wildman–Crippen MR) is 70.0 cm³/mol. The van der Waals surface area contributed by atoms with Gasteiger partial charge in [0.05, 0.1) is 6.54 Å². The van der Waals surface area contributed by atoms with Gasteiger partial charge in [-0.1, -0.05) is 11.8 Å². The van der Waals surface area contributed by atoms with Gasteiger partial charge in [0.25, 0.3) is 11.5 Å². The van der Waals surface area contributed by atoms with E-state index in [1.54, 1.807) is 0 Å². The third-order valence-electron chi connectivity index (χ3n) is 2.81. The number of thioether (sulfide) groups is 1. The molecule has 0 spiro atoms. The Morgan fingerprint density at radius 3 is 3.05 bits per heavy atom. The van der Waals surface area contributed by atoms with E-state index in [1.165, 1.54) is 29.6 Å². The maximum absolute atomic E-state index is 12.1. The minimum absolute atomic E-state index is 0.100. The second kappa shape index (κ2) is 6.06. The van der Waals surface area contributed by atoms with Gasteiger partial charge in [-0.25, -0.2) is 9.78 Å². The lowest BCUT2D eigenvalue weighted by Gasteiger charge is -2.11. The normalized spacial score (nSPS) is 14.7. The quantitative estimate of drug-likeness (QED) is 0.683. The Labute approximate surface area is 118 Å². The summed E-state index contributed by atoms with van der Waals surface area (Å²) in [6.07, 6.45) is 0.0596. The largest absolute Gasteiger partial charge is 0.479 e. The fraction of sp³-hybridized carbons (Fsp3) is 0.455. The van der Waals surface area contributed by atoms with Crippen molar-refractivity contribution in [3.63, 3.8) is 0 Å². The van der Waals surface area contributed by atoms with Gasteiger partial charge in [-0.3, -0.25) is 14.2 Å². The first-order valence-electron chi connectivity index (χ1n) is 5.81. The van der Waals surface area contributed by atoms with Crippen LogP contribution in [-0.2, 0) is 16.1 Å². The molecule has 0 aromatic carbocycles. The minimum atomic E-state index is -1.19. The molecule has 20 heavy (non-hydrogen) atoms. The van der Waals surface area contributed by atoms with Crippen molar-refractivity contribution < 1.29 is 19.4 Å². The van der Waals surface area contributed by atoms with Gasteiger partial charge in [-0.05, 0) is 0 Å². The molecule has 1 unspecified atom stereocenters. The van der Waals surface area contributed by atoms with Crippen LogP contribution in [0.4, 0.5) is 0 Å². The molecule has 1 aliphatic heterocycles. The van der Waals surface area contributed by atoms with Crippen molar-refractivity contribution in [3.8, 4) is 0 Å². The molecule has 108 valence electrons. The summed E-state index contributed by atoms with van der Waals surface area (Å²) in [5.41, 5.74) is -0.515. The number of carboxylic acid groups (broad SMARTS) is 1. The van der Waals surface area contributed by atoms with Crippen molar-refractivity contribution in [3.05, 3.63) is 22.1 Å². The number of carboxylic acids is 1. The van der Waals surface area contributed by atoms with Crippen molar-refractivity contribution >= 4 is 23.6 Å². The van der Waals surface area contributed by atoms with Gasteiger partial charge < -0.3 is 15.2 Å². The van der Waals surface area contributed by atoms with Crippen molar-refractivity contribution in [2.75, 3.05) is 19.4 Å². The van der Waals surface area contributed by atoms with Crippen molar-refractivity contribution in [2.24, 2.45) is 0 Å². The molecule has 0 fully saturated rings. The highest BCUT2D eigenvalue weighted by atomic mass is 32.2. The zero-order valence-electron chi connectivity index (χ0n) is 10.7. The molecule has 0 bridgehead atoms. The fourth-order valence-electron chi connectivity index (χ4n) is 1.73. The van der Waals surface area contributed by atoms with Crippen LogP contribution >= 0.6 is 11.8 Å². The van der Waals surface area contributed by atoms with E-state index in [9.17, 15) is 14.4 Å². The molecule has 1 aliphatic rings. The number of hydrogen-bond acceptors (Lipinski definition) is 6. The van der Waals surface area contributed by atoms with Crippen LogP contribution in [0.15, 0.2) is 16.1 Å². The van der Waals surface area contributed by atoms with E-state index in [1.807, 2.05) is 0 Å². The molecule has 2 heterocycles. The fourth-order valence-corrected chi connectivity index (χ4v) is 2.64. The first-order valence-corrected chi connectivity index (χ1v) is 6.79. The molecule has 2 N–H and O–H groups in total. The number of aliphatic carboxylic acids is 1. The van der Waals surface area contributed by atoms with Crippen LogP contribution in [-0.4, -0.2) is 52.0 Å². The van der Waals surface area contributed by atoms with Crippen LogP contribution in [0, 0.1) is 0 Å². The zero-order chi connectivity index (χ0) is 14.7. The average Bonchev–Trinajstić information content (AvgIpc) is 2.88. The molecular formula is C11H13N3O5S. The molecule has 0 aliphatic carbocycles. The first kappa shape index (κ1) is 14.5. The third-order valence-corrected chi connectivity index (χ3v) is 3.78. The average molecular weight is 299 g/mol. The summed E-state index contributed by atoms with van der Waals surface area (Å²) in [5, 5.41) is 11.7. The molecule has 2 rings (SSSR count). The van der Waals surface area contributed by atoms with Crippen molar-refractivity contribution in [1.29, 1.82) is 0 Å². The number of hydrogen-bond donors (Lipinski definition) is 2. The van der Waals surface area contributed by atoms with Gasteiger partial charge in [-0.15, -0.1) is 0 Å². The van der Waals surface area contributed by atoms with E-state index in [0.29, 0.717) is 11.7 Å².